The van der Waals surface area contributed by atoms with Gasteiger partial charge < -0.3 is 4.40 Å². The first-order chi connectivity index (χ1) is 9.04. The van der Waals surface area contributed by atoms with E-state index in [9.17, 15) is 0 Å². The zero-order valence-electron chi connectivity index (χ0n) is 10.6. The Morgan fingerprint density at radius 2 is 1.79 bits per heavy atom. The van der Waals surface area contributed by atoms with Crippen LogP contribution in [-0.4, -0.2) is 9.38 Å². The Hall–Kier alpha value is -1.13. The second kappa shape index (κ2) is 4.76. The molecular formula is C15H12Br2N2. The van der Waals surface area contributed by atoms with E-state index in [-0.39, 0.29) is 0 Å². The van der Waals surface area contributed by atoms with E-state index in [4.69, 9.17) is 0 Å². The van der Waals surface area contributed by atoms with Crippen LogP contribution in [-0.2, 0) is 0 Å². The lowest BCUT2D eigenvalue weighted by Crippen LogP contribution is -1.83. The number of pyridine rings is 1. The molecule has 0 fully saturated rings. The minimum absolute atomic E-state index is 0.927. The van der Waals surface area contributed by atoms with Crippen molar-refractivity contribution in [3.63, 3.8) is 0 Å². The van der Waals surface area contributed by atoms with Crippen LogP contribution in [0.15, 0.2) is 45.6 Å². The summed E-state index contributed by atoms with van der Waals surface area (Å²) in [7, 11) is 0. The van der Waals surface area contributed by atoms with Crippen molar-refractivity contribution in [1.82, 2.24) is 9.38 Å². The van der Waals surface area contributed by atoms with Crippen LogP contribution in [0.1, 0.15) is 11.1 Å². The Labute approximate surface area is 128 Å². The fourth-order valence-corrected chi connectivity index (χ4v) is 3.36. The van der Waals surface area contributed by atoms with E-state index < -0.39 is 0 Å². The van der Waals surface area contributed by atoms with E-state index in [1.165, 1.54) is 11.1 Å². The molecule has 0 aliphatic carbocycles. The van der Waals surface area contributed by atoms with Crippen molar-refractivity contribution in [2.75, 3.05) is 0 Å². The molecule has 0 amide bonds. The van der Waals surface area contributed by atoms with Gasteiger partial charge in [-0.15, -0.1) is 0 Å². The maximum atomic E-state index is 4.69. The van der Waals surface area contributed by atoms with Gasteiger partial charge in [-0.1, -0.05) is 12.1 Å². The number of aryl methyl sites for hydroxylation is 2. The predicted octanol–water partition coefficient (Wildman–Crippen LogP) is 5.14. The number of halogens is 2. The average molecular weight is 380 g/mol. The van der Waals surface area contributed by atoms with E-state index in [1.54, 1.807) is 0 Å². The first kappa shape index (κ1) is 12.9. The highest BCUT2D eigenvalue weighted by molar-refractivity contribution is 9.11. The highest BCUT2D eigenvalue weighted by Gasteiger charge is 2.08. The monoisotopic (exact) mass is 378 g/mol. The summed E-state index contributed by atoms with van der Waals surface area (Å²) in [6.07, 6.45) is 4.06. The number of nitrogens with zero attached hydrogens (tertiary/aromatic N) is 2. The van der Waals surface area contributed by atoms with Gasteiger partial charge in [0.15, 0.2) is 5.65 Å². The number of imidazole rings is 1. The van der Waals surface area contributed by atoms with E-state index in [0.717, 1.165) is 25.8 Å². The molecule has 96 valence electrons. The van der Waals surface area contributed by atoms with Gasteiger partial charge >= 0.3 is 0 Å². The van der Waals surface area contributed by atoms with Crippen LogP contribution in [0.4, 0.5) is 0 Å². The zero-order chi connectivity index (χ0) is 13.6. The highest BCUT2D eigenvalue weighted by atomic mass is 79.9. The number of fused-ring (bicyclic) bond motifs is 1. The topological polar surface area (TPSA) is 17.3 Å². The van der Waals surface area contributed by atoms with Gasteiger partial charge in [0.05, 0.1) is 10.2 Å². The van der Waals surface area contributed by atoms with Crippen molar-refractivity contribution in [2.24, 2.45) is 0 Å². The molecule has 0 saturated carbocycles. The molecule has 0 unspecified atom stereocenters. The first-order valence-electron chi connectivity index (χ1n) is 5.96. The van der Waals surface area contributed by atoms with Crippen LogP contribution in [0.2, 0.25) is 0 Å². The Bertz CT molecular complexity index is 775. The molecule has 0 radical (unpaired) electrons. The minimum Gasteiger partial charge on any atom is -0.304 e. The van der Waals surface area contributed by atoms with Crippen molar-refractivity contribution < 1.29 is 0 Å². The summed E-state index contributed by atoms with van der Waals surface area (Å²) in [5.41, 5.74) is 5.65. The summed E-state index contributed by atoms with van der Waals surface area (Å²) in [5.74, 6) is 0. The fraction of sp³-hybridized carbons (Fsp3) is 0.133. The lowest BCUT2D eigenvalue weighted by atomic mass is 10.1. The van der Waals surface area contributed by atoms with Crippen LogP contribution in [0.5, 0.6) is 0 Å². The molecule has 0 saturated heterocycles. The van der Waals surface area contributed by atoms with Crippen LogP contribution in [0.3, 0.4) is 0 Å². The maximum Gasteiger partial charge on any atom is 0.151 e. The van der Waals surface area contributed by atoms with Crippen LogP contribution < -0.4 is 0 Å². The molecule has 0 bridgehead atoms. The average Bonchev–Trinajstić information content (AvgIpc) is 2.76. The number of aromatic nitrogens is 2. The van der Waals surface area contributed by atoms with Crippen molar-refractivity contribution in [2.45, 2.75) is 13.8 Å². The number of hydrogen-bond donors (Lipinski definition) is 0. The van der Waals surface area contributed by atoms with Crippen molar-refractivity contribution in [3.8, 4) is 11.3 Å². The van der Waals surface area contributed by atoms with E-state index >= 15 is 0 Å². The Kier molecular flexibility index (Phi) is 3.23. The second-order valence-electron chi connectivity index (χ2n) is 4.66. The third kappa shape index (κ3) is 2.35. The van der Waals surface area contributed by atoms with E-state index in [2.05, 4.69) is 75.1 Å². The second-order valence-corrected chi connectivity index (χ2v) is 6.43. The molecule has 19 heavy (non-hydrogen) atoms. The van der Waals surface area contributed by atoms with Gasteiger partial charge in [-0.05, 0) is 69.0 Å². The Morgan fingerprint density at radius 1 is 1.00 bits per heavy atom. The number of benzene rings is 1. The molecule has 4 heteroatoms. The van der Waals surface area contributed by atoms with E-state index in [0.29, 0.717) is 0 Å². The zero-order valence-corrected chi connectivity index (χ0v) is 13.8. The van der Waals surface area contributed by atoms with Gasteiger partial charge in [-0.3, -0.25) is 0 Å². The molecule has 1 aromatic carbocycles. The molecule has 0 spiro atoms. The molecule has 0 atom stereocenters. The largest absolute Gasteiger partial charge is 0.304 e. The van der Waals surface area contributed by atoms with Gasteiger partial charge in [0.2, 0.25) is 0 Å². The molecule has 2 aromatic heterocycles. The molecule has 3 aromatic rings. The standard InChI is InChI=1S/C15H12Br2N2/c1-9-3-4-11(5-10(9)2)14-8-19-7-12(16)6-13(17)15(19)18-14/h3-8H,1-2H3. The third-order valence-electron chi connectivity index (χ3n) is 3.28. The summed E-state index contributed by atoms with van der Waals surface area (Å²) in [5, 5.41) is 0. The van der Waals surface area contributed by atoms with Crippen molar-refractivity contribution >= 4 is 37.5 Å². The van der Waals surface area contributed by atoms with Crippen LogP contribution in [0, 0.1) is 13.8 Å². The predicted molar refractivity (Wildman–Crippen MR) is 85.5 cm³/mol. The summed E-state index contributed by atoms with van der Waals surface area (Å²) < 4.78 is 4.03. The first-order valence-corrected chi connectivity index (χ1v) is 7.54. The number of hydrogen-bond acceptors (Lipinski definition) is 1. The Balaban J connectivity index is 2.20. The third-order valence-corrected chi connectivity index (χ3v) is 4.29. The SMILES string of the molecule is Cc1ccc(-c2cn3cc(Br)cc(Br)c3n2)cc1C. The van der Waals surface area contributed by atoms with Gasteiger partial charge in [0.1, 0.15) is 0 Å². The van der Waals surface area contributed by atoms with E-state index in [1.807, 2.05) is 16.7 Å². The molecule has 2 heterocycles. The van der Waals surface area contributed by atoms with Crippen LogP contribution >= 0.6 is 31.9 Å². The fourth-order valence-electron chi connectivity index (χ4n) is 2.06. The summed E-state index contributed by atoms with van der Waals surface area (Å²) >= 11 is 7.04. The smallest absolute Gasteiger partial charge is 0.151 e. The van der Waals surface area contributed by atoms with Gasteiger partial charge in [-0.25, -0.2) is 4.98 Å². The molecular weight excluding hydrogens is 368 g/mol. The molecule has 0 N–H and O–H groups in total. The lowest BCUT2D eigenvalue weighted by molar-refractivity contribution is 1.17. The molecule has 3 rings (SSSR count). The van der Waals surface area contributed by atoms with Crippen molar-refractivity contribution in [3.05, 3.63) is 56.7 Å². The minimum atomic E-state index is 0.927. The quantitative estimate of drug-likeness (QED) is 0.571. The summed E-state index contributed by atoms with van der Waals surface area (Å²) in [4.78, 5) is 4.69. The normalized spacial score (nSPS) is 11.2. The van der Waals surface area contributed by atoms with Crippen LogP contribution in [0.25, 0.3) is 16.9 Å². The highest BCUT2D eigenvalue weighted by Crippen LogP contribution is 2.27. The van der Waals surface area contributed by atoms with Gasteiger partial charge in [0, 0.05) is 22.4 Å². The Morgan fingerprint density at radius 3 is 2.53 bits per heavy atom. The van der Waals surface area contributed by atoms with Gasteiger partial charge in [-0.2, -0.15) is 0 Å². The molecule has 0 aliphatic heterocycles. The molecule has 0 aliphatic rings. The number of rotatable bonds is 1. The van der Waals surface area contributed by atoms with Gasteiger partial charge in [0.25, 0.3) is 0 Å². The summed E-state index contributed by atoms with van der Waals surface area (Å²) in [6, 6.07) is 8.44. The molecule has 2 nitrogen and oxygen atoms in total. The maximum absolute atomic E-state index is 4.69. The summed E-state index contributed by atoms with van der Waals surface area (Å²) in [6.45, 7) is 4.25. The lowest BCUT2D eigenvalue weighted by Gasteiger charge is -2.01. The van der Waals surface area contributed by atoms with Crippen molar-refractivity contribution in [1.29, 1.82) is 0 Å².